The molecule has 36 heavy (non-hydrogen) atoms. The number of aliphatic hydroxyl groups excluding tert-OH is 1. The molecule has 3 atom stereocenters. The fraction of sp³-hybridized carbons (Fsp3) is 0.321. The lowest BCUT2D eigenvalue weighted by Gasteiger charge is -2.44. The van der Waals surface area contributed by atoms with Crippen molar-refractivity contribution in [1.29, 1.82) is 0 Å². The van der Waals surface area contributed by atoms with E-state index in [0.717, 1.165) is 11.6 Å². The van der Waals surface area contributed by atoms with Crippen LogP contribution in [0.1, 0.15) is 36.9 Å². The second kappa shape index (κ2) is 10.7. The number of ether oxygens (including phenoxy) is 1. The number of likely N-dealkylation sites (N-methyl/N-ethyl adjacent to an activating group) is 1. The first-order valence-corrected chi connectivity index (χ1v) is 11.9. The topological polar surface area (TPSA) is 61.8 Å². The summed E-state index contributed by atoms with van der Waals surface area (Å²) < 4.78 is 46.9. The van der Waals surface area contributed by atoms with Crippen LogP contribution in [0.3, 0.4) is 0 Å². The van der Waals surface area contributed by atoms with Crippen molar-refractivity contribution in [2.24, 2.45) is 0 Å². The van der Waals surface area contributed by atoms with Gasteiger partial charge in [0, 0.05) is 37.6 Å². The number of aliphatic hydroxyl groups is 1. The van der Waals surface area contributed by atoms with Crippen molar-refractivity contribution in [3.05, 3.63) is 95.3 Å². The number of halogens is 3. The van der Waals surface area contributed by atoms with Crippen LogP contribution >= 0.6 is 0 Å². The van der Waals surface area contributed by atoms with Crippen molar-refractivity contribution in [3.63, 3.8) is 0 Å². The zero-order chi connectivity index (χ0) is 25.9. The third-order valence-electron chi connectivity index (χ3n) is 6.75. The van der Waals surface area contributed by atoms with Gasteiger partial charge in [0.25, 0.3) is 0 Å². The molecule has 1 aliphatic heterocycles. The molecule has 1 heterocycles. The van der Waals surface area contributed by atoms with Crippen LogP contribution in [-0.4, -0.2) is 42.3 Å². The molecule has 0 aliphatic carbocycles. The van der Waals surface area contributed by atoms with E-state index in [0.29, 0.717) is 30.6 Å². The minimum Gasteiger partial charge on any atom is -0.438 e. The first-order valence-electron chi connectivity index (χ1n) is 11.9. The summed E-state index contributed by atoms with van der Waals surface area (Å²) in [6.45, 7) is 2.55. The number of cyclic esters (lactones) is 1. The zero-order valence-electron chi connectivity index (χ0n) is 20.2. The van der Waals surface area contributed by atoms with E-state index in [2.05, 4.69) is 5.32 Å². The predicted octanol–water partition coefficient (Wildman–Crippen LogP) is 5.54. The molecule has 1 amide bonds. The highest BCUT2D eigenvalue weighted by Gasteiger charge is 2.44. The van der Waals surface area contributed by atoms with Gasteiger partial charge in [-0.25, -0.2) is 18.0 Å². The number of hydrogen-bond donors (Lipinski definition) is 2. The number of rotatable bonds is 8. The predicted molar refractivity (Wildman–Crippen MR) is 131 cm³/mol. The highest BCUT2D eigenvalue weighted by molar-refractivity contribution is 5.70. The van der Waals surface area contributed by atoms with Gasteiger partial charge in [0.05, 0.1) is 12.1 Å². The number of carbonyl (C=O) groups excluding carboxylic acids is 1. The van der Waals surface area contributed by atoms with Gasteiger partial charge in [-0.3, -0.25) is 0 Å². The highest BCUT2D eigenvalue weighted by Crippen LogP contribution is 2.40. The molecule has 3 aromatic carbocycles. The Bertz CT molecular complexity index is 1200. The Morgan fingerprint density at radius 2 is 1.69 bits per heavy atom. The molecule has 0 aromatic heterocycles. The van der Waals surface area contributed by atoms with Crippen molar-refractivity contribution in [2.75, 3.05) is 20.1 Å². The molecule has 3 aromatic rings. The van der Waals surface area contributed by atoms with E-state index in [-0.39, 0.29) is 18.0 Å². The molecule has 190 valence electrons. The van der Waals surface area contributed by atoms with Gasteiger partial charge < -0.3 is 20.1 Å². The Balaban J connectivity index is 1.53. The van der Waals surface area contributed by atoms with Crippen LogP contribution in [0.2, 0.25) is 0 Å². The zero-order valence-corrected chi connectivity index (χ0v) is 20.2. The lowest BCUT2D eigenvalue weighted by atomic mass is 9.83. The molecule has 2 N–H and O–H groups in total. The molecule has 4 rings (SSSR count). The van der Waals surface area contributed by atoms with E-state index in [1.807, 2.05) is 6.92 Å². The Hall–Kier alpha value is -3.36. The van der Waals surface area contributed by atoms with E-state index >= 15 is 0 Å². The minimum absolute atomic E-state index is 0.172. The van der Waals surface area contributed by atoms with Gasteiger partial charge in [-0.05, 0) is 54.9 Å². The lowest BCUT2D eigenvalue weighted by Crippen LogP contribution is -2.50. The van der Waals surface area contributed by atoms with Gasteiger partial charge in [0.1, 0.15) is 23.1 Å². The van der Waals surface area contributed by atoms with E-state index in [1.54, 1.807) is 48.3 Å². The second-order valence-corrected chi connectivity index (χ2v) is 9.15. The maximum absolute atomic E-state index is 14.2. The van der Waals surface area contributed by atoms with Gasteiger partial charge >= 0.3 is 6.09 Å². The summed E-state index contributed by atoms with van der Waals surface area (Å²) in [5.41, 5.74) is 1.25. The van der Waals surface area contributed by atoms with Crippen LogP contribution in [0, 0.1) is 17.5 Å². The summed E-state index contributed by atoms with van der Waals surface area (Å²) >= 11 is 0. The third kappa shape index (κ3) is 5.39. The van der Waals surface area contributed by atoms with Crippen LogP contribution in [0.15, 0.2) is 66.7 Å². The summed E-state index contributed by atoms with van der Waals surface area (Å²) in [4.78, 5) is 14.8. The molecule has 1 unspecified atom stereocenters. The minimum atomic E-state index is -1.08. The first-order chi connectivity index (χ1) is 17.2. The smallest absolute Gasteiger partial charge is 0.411 e. The van der Waals surface area contributed by atoms with Crippen molar-refractivity contribution < 1.29 is 27.8 Å². The number of hydrogen-bond acceptors (Lipinski definition) is 4. The number of carbonyl (C=O) groups is 1. The average Bonchev–Trinajstić information content (AvgIpc) is 2.84. The van der Waals surface area contributed by atoms with Crippen LogP contribution < -0.4 is 5.32 Å². The second-order valence-electron chi connectivity index (χ2n) is 9.15. The lowest BCUT2D eigenvalue weighted by molar-refractivity contribution is -0.0832. The molecule has 0 spiro atoms. The van der Waals surface area contributed by atoms with Gasteiger partial charge in [0.2, 0.25) is 0 Å². The fourth-order valence-electron chi connectivity index (χ4n) is 4.77. The maximum Gasteiger partial charge on any atom is 0.411 e. The molecule has 0 bridgehead atoms. The van der Waals surface area contributed by atoms with E-state index in [1.165, 1.54) is 24.3 Å². The van der Waals surface area contributed by atoms with Crippen molar-refractivity contribution in [3.8, 4) is 11.1 Å². The average molecular weight is 499 g/mol. The SMILES string of the molecule is CNC[C@@H](O)C[C@]1(c2ccc(F)cc2)CCN(C(C)c2ccc(-c3ccc(F)cc3F)cc2)C(=O)O1. The molecular formula is C28H29F3N2O3. The largest absolute Gasteiger partial charge is 0.438 e. The van der Waals surface area contributed by atoms with Gasteiger partial charge in [0.15, 0.2) is 0 Å². The van der Waals surface area contributed by atoms with Crippen LogP contribution in [0.4, 0.5) is 18.0 Å². The standard InChI is InChI=1S/C28H29F3N2O3/c1-18(19-3-5-20(6-4-19)25-12-11-23(30)15-26(25)31)33-14-13-28(36-27(33)35,16-24(34)17-32-2)21-7-9-22(29)10-8-21/h3-12,15,18,24,32,34H,13-14,16-17H2,1-2H3/t18?,24-,28-/m0/s1. The Labute approximate surface area is 208 Å². The summed E-state index contributed by atoms with van der Waals surface area (Å²) in [6.07, 6.45) is -0.723. The molecule has 1 saturated heterocycles. The number of nitrogens with zero attached hydrogens (tertiary/aromatic N) is 1. The number of benzene rings is 3. The quantitative estimate of drug-likeness (QED) is 0.428. The Morgan fingerprint density at radius 1 is 1.03 bits per heavy atom. The number of nitrogens with one attached hydrogen (secondary N) is 1. The Morgan fingerprint density at radius 3 is 2.31 bits per heavy atom. The molecule has 8 heteroatoms. The monoisotopic (exact) mass is 498 g/mol. The molecule has 1 fully saturated rings. The van der Waals surface area contributed by atoms with Crippen LogP contribution in [0.5, 0.6) is 0 Å². The van der Waals surface area contributed by atoms with Gasteiger partial charge in [-0.15, -0.1) is 0 Å². The molecule has 0 saturated carbocycles. The van der Waals surface area contributed by atoms with Gasteiger partial charge in [-0.2, -0.15) is 0 Å². The first kappa shape index (κ1) is 25.7. The molecular weight excluding hydrogens is 469 g/mol. The van der Waals surface area contributed by atoms with Crippen LogP contribution in [-0.2, 0) is 10.3 Å². The molecule has 0 radical (unpaired) electrons. The van der Waals surface area contributed by atoms with Crippen molar-refractivity contribution in [2.45, 2.75) is 37.5 Å². The summed E-state index contributed by atoms with van der Waals surface area (Å²) in [5.74, 6) is -1.68. The third-order valence-corrected chi connectivity index (χ3v) is 6.75. The summed E-state index contributed by atoms with van der Waals surface area (Å²) in [5, 5.41) is 13.4. The van der Waals surface area contributed by atoms with Crippen LogP contribution in [0.25, 0.3) is 11.1 Å². The number of amides is 1. The normalized spacial score (nSPS) is 19.6. The van der Waals surface area contributed by atoms with Crippen molar-refractivity contribution >= 4 is 6.09 Å². The molecule has 1 aliphatic rings. The van der Waals surface area contributed by atoms with E-state index in [4.69, 9.17) is 4.74 Å². The van der Waals surface area contributed by atoms with E-state index < -0.39 is 35.2 Å². The highest BCUT2D eigenvalue weighted by atomic mass is 19.1. The maximum atomic E-state index is 14.2. The summed E-state index contributed by atoms with van der Waals surface area (Å²) in [7, 11) is 1.72. The fourth-order valence-corrected chi connectivity index (χ4v) is 4.77. The van der Waals surface area contributed by atoms with E-state index in [9.17, 15) is 23.1 Å². The Kier molecular flexibility index (Phi) is 7.66. The van der Waals surface area contributed by atoms with Crippen molar-refractivity contribution in [1.82, 2.24) is 10.2 Å². The van der Waals surface area contributed by atoms with Gasteiger partial charge in [-0.1, -0.05) is 36.4 Å². The summed E-state index contributed by atoms with van der Waals surface area (Å²) in [6, 6.07) is 16.0. The molecule has 5 nitrogen and oxygen atoms in total.